The van der Waals surface area contributed by atoms with Crippen molar-refractivity contribution in [3.8, 4) is 22.8 Å². The summed E-state index contributed by atoms with van der Waals surface area (Å²) in [7, 11) is 0. The predicted molar refractivity (Wildman–Crippen MR) is 175 cm³/mol. The number of ether oxygens (including phenoxy) is 1. The number of aromatic nitrogens is 3. The van der Waals surface area contributed by atoms with Crippen molar-refractivity contribution in [3.63, 3.8) is 0 Å². The Labute approximate surface area is 264 Å². The fraction of sp³-hybridized carbons (Fsp3) is 0.371. The summed E-state index contributed by atoms with van der Waals surface area (Å²) in [4.78, 5) is 30.1. The number of carbonyl (C=O) groups is 2. The highest BCUT2D eigenvalue weighted by molar-refractivity contribution is 7.99. The Morgan fingerprint density at radius 3 is 2.48 bits per heavy atom. The third kappa shape index (κ3) is 7.69. The number of unbranched alkanes of at least 4 members (excludes halogenated alkanes) is 1. The normalized spacial score (nSPS) is 14.9. The van der Waals surface area contributed by atoms with Crippen molar-refractivity contribution >= 4 is 23.6 Å². The number of piperazine rings is 1. The lowest BCUT2D eigenvalue weighted by Gasteiger charge is -2.40. The quantitative estimate of drug-likeness (QED) is 0.132. The van der Waals surface area contributed by atoms with E-state index in [2.05, 4.69) is 46.8 Å². The monoisotopic (exact) mass is 611 g/mol. The number of amides is 2. The fourth-order valence-electron chi connectivity index (χ4n) is 5.36. The average molecular weight is 612 g/mol. The summed E-state index contributed by atoms with van der Waals surface area (Å²) in [6.45, 7) is 8.51. The van der Waals surface area contributed by atoms with Crippen LogP contribution in [0.1, 0.15) is 55.5 Å². The molecule has 0 aliphatic carbocycles. The predicted octanol–water partition coefficient (Wildman–Crippen LogP) is 6.67. The summed E-state index contributed by atoms with van der Waals surface area (Å²) in [6.07, 6.45) is 3.27. The van der Waals surface area contributed by atoms with Gasteiger partial charge in [-0.2, -0.15) is 0 Å². The molecule has 0 radical (unpaired) electrons. The van der Waals surface area contributed by atoms with Crippen molar-refractivity contribution in [2.75, 3.05) is 32.0 Å². The highest BCUT2D eigenvalue weighted by Crippen LogP contribution is 2.29. The van der Waals surface area contributed by atoms with Crippen molar-refractivity contribution in [2.24, 2.45) is 0 Å². The van der Waals surface area contributed by atoms with E-state index >= 15 is 0 Å². The van der Waals surface area contributed by atoms with Crippen molar-refractivity contribution in [2.45, 2.75) is 57.7 Å². The minimum atomic E-state index is -0.0562. The van der Waals surface area contributed by atoms with E-state index in [4.69, 9.17) is 4.74 Å². The van der Waals surface area contributed by atoms with Gasteiger partial charge in [-0.05, 0) is 68.7 Å². The molecule has 1 aromatic heterocycles. The molecule has 1 unspecified atom stereocenters. The molecule has 4 aromatic rings. The maximum Gasteiger partial charge on any atom is 0.254 e. The van der Waals surface area contributed by atoms with Crippen LogP contribution in [-0.4, -0.2) is 74.4 Å². The zero-order chi connectivity index (χ0) is 30.9. The molecule has 1 aliphatic rings. The van der Waals surface area contributed by atoms with E-state index < -0.39 is 0 Å². The van der Waals surface area contributed by atoms with Crippen molar-refractivity contribution in [3.05, 3.63) is 90.0 Å². The van der Waals surface area contributed by atoms with E-state index in [9.17, 15) is 9.59 Å². The first-order valence-corrected chi connectivity index (χ1v) is 16.5. The van der Waals surface area contributed by atoms with Gasteiger partial charge in [0, 0.05) is 54.7 Å². The summed E-state index contributed by atoms with van der Waals surface area (Å²) in [5, 5.41) is 9.86. The smallest absolute Gasteiger partial charge is 0.254 e. The van der Waals surface area contributed by atoms with Gasteiger partial charge in [0.1, 0.15) is 5.75 Å². The molecule has 2 amide bonds. The molecule has 0 saturated carbocycles. The van der Waals surface area contributed by atoms with Gasteiger partial charge < -0.3 is 14.5 Å². The first kappa shape index (κ1) is 31.3. The van der Waals surface area contributed by atoms with E-state index in [-0.39, 0.29) is 17.9 Å². The summed E-state index contributed by atoms with van der Waals surface area (Å²) in [6, 6.07) is 25.7. The third-order valence-electron chi connectivity index (χ3n) is 7.80. The average Bonchev–Trinajstić information content (AvgIpc) is 3.47. The van der Waals surface area contributed by atoms with Gasteiger partial charge in [0.25, 0.3) is 5.91 Å². The number of thioether (sulfide) groups is 1. The highest BCUT2D eigenvalue weighted by Gasteiger charge is 2.30. The second-order valence-corrected chi connectivity index (χ2v) is 12.3. The second-order valence-electron chi connectivity index (χ2n) is 11.2. The Morgan fingerprint density at radius 1 is 0.955 bits per heavy atom. The van der Waals surface area contributed by atoms with Crippen LogP contribution < -0.4 is 4.74 Å². The van der Waals surface area contributed by atoms with Crippen LogP contribution in [0.25, 0.3) is 17.1 Å². The first-order valence-electron chi connectivity index (χ1n) is 15.5. The van der Waals surface area contributed by atoms with Crippen LogP contribution >= 0.6 is 11.8 Å². The molecule has 8 nitrogen and oxygen atoms in total. The molecule has 5 rings (SSSR count). The van der Waals surface area contributed by atoms with Crippen molar-refractivity contribution in [1.82, 2.24) is 24.6 Å². The molecule has 44 heavy (non-hydrogen) atoms. The zero-order valence-electron chi connectivity index (χ0n) is 25.8. The van der Waals surface area contributed by atoms with E-state index in [1.165, 1.54) is 0 Å². The minimum absolute atomic E-state index is 0.00583. The van der Waals surface area contributed by atoms with Crippen LogP contribution in [0, 0.1) is 6.92 Å². The van der Waals surface area contributed by atoms with Gasteiger partial charge >= 0.3 is 0 Å². The highest BCUT2D eigenvalue weighted by atomic mass is 32.2. The van der Waals surface area contributed by atoms with Gasteiger partial charge in [-0.3, -0.25) is 14.2 Å². The minimum Gasteiger partial charge on any atom is -0.494 e. The van der Waals surface area contributed by atoms with Crippen LogP contribution in [0.15, 0.2) is 84.0 Å². The summed E-state index contributed by atoms with van der Waals surface area (Å²) >= 11 is 1.62. The Bertz CT molecular complexity index is 1540. The molecule has 1 aliphatic heterocycles. The van der Waals surface area contributed by atoms with Crippen molar-refractivity contribution < 1.29 is 14.3 Å². The molecule has 9 heteroatoms. The molecule has 0 N–H and O–H groups in total. The lowest BCUT2D eigenvalue weighted by atomic mass is 10.1. The van der Waals surface area contributed by atoms with Gasteiger partial charge in [-0.25, -0.2) is 0 Å². The molecular weight excluding hydrogens is 570 g/mol. The molecule has 230 valence electrons. The summed E-state index contributed by atoms with van der Waals surface area (Å²) in [5.41, 5.74) is 3.83. The second kappa shape index (κ2) is 15.1. The molecule has 1 atom stereocenters. The summed E-state index contributed by atoms with van der Waals surface area (Å²) < 4.78 is 7.82. The van der Waals surface area contributed by atoms with Crippen LogP contribution in [-0.2, 0) is 4.79 Å². The fourth-order valence-corrected chi connectivity index (χ4v) is 6.25. The largest absolute Gasteiger partial charge is 0.494 e. The summed E-state index contributed by atoms with van der Waals surface area (Å²) in [5.74, 6) is 2.45. The Morgan fingerprint density at radius 2 is 1.75 bits per heavy atom. The standard InChI is InChI=1S/C35H41N5O3S/c1-4-5-22-43-31-18-16-29(17-19-31)34(42)39-21-20-38(25-27(39)3)32(41)15-10-23-44-35-37-36-33(28-12-7-6-8-13-28)40(35)30-14-9-11-26(2)24-30/h6-9,11-14,16-19,24,27H,4-5,10,15,20-23,25H2,1-3H3. The maximum absolute atomic E-state index is 13.2. The van der Waals surface area contributed by atoms with Gasteiger partial charge in [0.05, 0.1) is 6.61 Å². The lowest BCUT2D eigenvalue weighted by molar-refractivity contribution is -0.133. The van der Waals surface area contributed by atoms with Crippen LogP contribution in [0.5, 0.6) is 5.75 Å². The topological polar surface area (TPSA) is 80.6 Å². The Kier molecular flexibility index (Phi) is 10.7. The molecule has 1 fully saturated rings. The number of hydrogen-bond acceptors (Lipinski definition) is 6. The van der Waals surface area contributed by atoms with Crippen LogP contribution in [0.3, 0.4) is 0 Å². The Hall–Kier alpha value is -4.11. The lowest BCUT2D eigenvalue weighted by Crippen LogP contribution is -2.55. The van der Waals surface area contributed by atoms with Gasteiger partial charge in [-0.15, -0.1) is 10.2 Å². The van der Waals surface area contributed by atoms with E-state index in [1.807, 2.05) is 77.4 Å². The Balaban J connectivity index is 1.13. The number of benzene rings is 3. The molecule has 0 spiro atoms. The van der Waals surface area contributed by atoms with E-state index in [0.717, 1.165) is 58.6 Å². The molecule has 2 heterocycles. The molecule has 1 saturated heterocycles. The number of hydrogen-bond donors (Lipinski definition) is 0. The number of nitrogens with zero attached hydrogens (tertiary/aromatic N) is 5. The van der Waals surface area contributed by atoms with Gasteiger partial charge in [-0.1, -0.05) is 67.6 Å². The van der Waals surface area contributed by atoms with Gasteiger partial charge in [0.15, 0.2) is 11.0 Å². The molecule has 3 aromatic carbocycles. The zero-order valence-corrected chi connectivity index (χ0v) is 26.6. The molecular formula is C35H41N5O3S. The number of carbonyl (C=O) groups excluding carboxylic acids is 2. The number of rotatable bonds is 12. The first-order chi connectivity index (χ1) is 21.4. The SMILES string of the molecule is CCCCOc1ccc(C(=O)N2CCN(C(=O)CCCSc3nnc(-c4ccccc4)n3-c3cccc(C)c3)CC2C)cc1. The maximum atomic E-state index is 13.2. The molecule has 0 bridgehead atoms. The van der Waals surface area contributed by atoms with E-state index in [0.29, 0.717) is 38.2 Å². The van der Waals surface area contributed by atoms with Crippen molar-refractivity contribution in [1.29, 1.82) is 0 Å². The van der Waals surface area contributed by atoms with E-state index in [1.54, 1.807) is 11.8 Å². The van der Waals surface area contributed by atoms with Crippen LogP contribution in [0.4, 0.5) is 0 Å². The number of aryl methyl sites for hydroxylation is 1. The third-order valence-corrected chi connectivity index (χ3v) is 8.82. The van der Waals surface area contributed by atoms with Gasteiger partial charge in [0.2, 0.25) is 5.91 Å². The van der Waals surface area contributed by atoms with Crippen LogP contribution in [0.2, 0.25) is 0 Å².